The first-order chi connectivity index (χ1) is 19.2. The molecule has 40 heavy (non-hydrogen) atoms. The fraction of sp³-hybridized carbons (Fsp3) is 0.441. The van der Waals surface area contributed by atoms with Gasteiger partial charge < -0.3 is 4.43 Å². The van der Waals surface area contributed by atoms with Gasteiger partial charge in [-0.2, -0.15) is 0 Å². The van der Waals surface area contributed by atoms with Crippen molar-refractivity contribution in [2.24, 2.45) is 0 Å². The van der Waals surface area contributed by atoms with Crippen molar-refractivity contribution in [3.05, 3.63) is 95.6 Å². The molecular formula is C34H44N2O3Si. The number of hydrogen-bond donors (Lipinski definition) is 1. The van der Waals surface area contributed by atoms with E-state index in [1.165, 1.54) is 11.1 Å². The smallest absolute Gasteiger partial charge is 0.265 e. The van der Waals surface area contributed by atoms with E-state index in [2.05, 4.69) is 120 Å². The van der Waals surface area contributed by atoms with Gasteiger partial charge in [0.2, 0.25) is 0 Å². The number of nitrogens with one attached hydrogen (secondary N) is 1. The molecule has 3 aromatic carbocycles. The second-order valence-corrected chi connectivity index (χ2v) is 17.6. The van der Waals surface area contributed by atoms with Gasteiger partial charge in [-0.15, -0.1) is 0 Å². The van der Waals surface area contributed by atoms with Gasteiger partial charge in [0.05, 0.1) is 25.3 Å². The van der Waals surface area contributed by atoms with Crippen LogP contribution < -0.4 is 5.32 Å². The van der Waals surface area contributed by atoms with E-state index in [0.717, 1.165) is 23.1 Å². The molecule has 0 aromatic heterocycles. The van der Waals surface area contributed by atoms with E-state index < -0.39 is 19.9 Å². The van der Waals surface area contributed by atoms with Crippen molar-refractivity contribution in [3.8, 4) is 11.1 Å². The van der Waals surface area contributed by atoms with Crippen molar-refractivity contribution < 1.29 is 14.1 Å². The topological polar surface area (TPSA) is 50.8 Å². The highest BCUT2D eigenvalue weighted by atomic mass is 28.4. The maximum absolute atomic E-state index is 14.2. The van der Waals surface area contributed by atoms with Crippen molar-refractivity contribution in [3.63, 3.8) is 0 Å². The highest BCUT2D eigenvalue weighted by Crippen LogP contribution is 2.51. The van der Waals surface area contributed by atoms with E-state index in [1.807, 2.05) is 6.07 Å². The Balaban J connectivity index is 1.64. The molecule has 0 saturated carbocycles. The quantitative estimate of drug-likeness (QED) is 0.267. The summed E-state index contributed by atoms with van der Waals surface area (Å²) in [6.45, 7) is 15.2. The molecular weight excluding hydrogens is 512 g/mol. The lowest BCUT2D eigenvalue weighted by Gasteiger charge is -2.44. The molecule has 1 saturated heterocycles. The number of amides is 1. The van der Waals surface area contributed by atoms with Gasteiger partial charge in [0, 0.05) is 0 Å². The van der Waals surface area contributed by atoms with Gasteiger partial charge in [0.25, 0.3) is 5.91 Å². The second-order valence-electron chi connectivity index (χ2n) is 12.2. The van der Waals surface area contributed by atoms with Crippen LogP contribution in [0.1, 0.15) is 64.7 Å². The lowest BCUT2D eigenvalue weighted by molar-refractivity contribution is -0.172. The molecule has 1 aliphatic heterocycles. The molecule has 0 unspecified atom stereocenters. The van der Waals surface area contributed by atoms with E-state index in [4.69, 9.17) is 9.26 Å². The van der Waals surface area contributed by atoms with Crippen LogP contribution in [-0.2, 0) is 19.6 Å². The molecule has 1 fully saturated rings. The highest BCUT2D eigenvalue weighted by Gasteiger charge is 2.49. The van der Waals surface area contributed by atoms with Crippen molar-refractivity contribution in [2.75, 3.05) is 19.8 Å². The van der Waals surface area contributed by atoms with Crippen LogP contribution in [0.2, 0.25) is 16.6 Å². The van der Waals surface area contributed by atoms with E-state index in [1.54, 1.807) is 5.06 Å². The van der Waals surface area contributed by atoms with Crippen LogP contribution >= 0.6 is 0 Å². The average molecular weight is 557 g/mol. The summed E-state index contributed by atoms with van der Waals surface area (Å²) in [4.78, 5) is 20.0. The molecule has 6 heteroatoms. The first kappa shape index (κ1) is 28.7. The third kappa shape index (κ3) is 4.75. The number of nitrogens with zero attached hydrogens (tertiary/aromatic N) is 1. The summed E-state index contributed by atoms with van der Waals surface area (Å²) < 4.78 is 7.10. The van der Waals surface area contributed by atoms with Crippen LogP contribution in [-0.4, -0.2) is 45.1 Å². The van der Waals surface area contributed by atoms with Crippen LogP contribution in [0.25, 0.3) is 11.1 Å². The average Bonchev–Trinajstić information content (AvgIpc) is 3.59. The van der Waals surface area contributed by atoms with Gasteiger partial charge in [-0.1, -0.05) is 120 Å². The molecule has 1 atom stereocenters. The zero-order chi connectivity index (χ0) is 28.5. The number of hydrogen-bond acceptors (Lipinski definition) is 4. The fourth-order valence-corrected chi connectivity index (χ4v) is 12.9. The largest absolute Gasteiger partial charge is 0.414 e. The Morgan fingerprint density at radius 1 is 0.850 bits per heavy atom. The van der Waals surface area contributed by atoms with Crippen molar-refractivity contribution in [2.45, 2.75) is 76.2 Å². The molecule has 5 rings (SSSR count). The molecule has 0 radical (unpaired) electrons. The number of benzene rings is 3. The third-order valence-electron chi connectivity index (χ3n) is 9.05. The summed E-state index contributed by atoms with van der Waals surface area (Å²) in [7, 11) is -2.23. The van der Waals surface area contributed by atoms with E-state index >= 15 is 0 Å². The highest BCUT2D eigenvalue weighted by molar-refractivity contribution is 6.77. The van der Waals surface area contributed by atoms with Crippen LogP contribution in [0.4, 0.5) is 0 Å². The van der Waals surface area contributed by atoms with E-state index in [-0.39, 0.29) is 5.91 Å². The Morgan fingerprint density at radius 2 is 1.38 bits per heavy atom. The first-order valence-corrected chi connectivity index (χ1v) is 17.0. The Labute approximate surface area is 241 Å². The fourth-order valence-electron chi connectivity index (χ4n) is 7.43. The Kier molecular flexibility index (Phi) is 8.34. The van der Waals surface area contributed by atoms with Crippen molar-refractivity contribution >= 4 is 14.2 Å². The minimum Gasteiger partial charge on any atom is -0.414 e. The Bertz CT molecular complexity index is 1250. The van der Waals surface area contributed by atoms with Crippen molar-refractivity contribution in [1.29, 1.82) is 0 Å². The Morgan fingerprint density at radius 3 is 1.88 bits per heavy atom. The maximum Gasteiger partial charge on any atom is 0.265 e. The number of carbonyl (C=O) groups excluding carboxylic acids is 1. The van der Waals surface area contributed by atoms with Gasteiger partial charge in [-0.3, -0.25) is 14.9 Å². The predicted octanol–water partition coefficient (Wildman–Crippen LogP) is 7.27. The number of rotatable bonds is 10. The molecule has 0 spiro atoms. The second kappa shape index (κ2) is 11.6. The molecule has 5 nitrogen and oxygen atoms in total. The number of fused-ring (bicyclic) bond motifs is 3. The molecule has 2 aliphatic rings. The zero-order valence-electron chi connectivity index (χ0n) is 24.8. The molecule has 0 bridgehead atoms. The SMILES string of the molecule is CC(C)[Si](OC[C@@H](NC1(c2ccccc2)c2ccccc2-c2ccccc21)C(=O)N1CCCO1)(C(C)C)C(C)C. The maximum atomic E-state index is 14.2. The van der Waals surface area contributed by atoms with Crippen LogP contribution in [0.5, 0.6) is 0 Å². The van der Waals surface area contributed by atoms with Gasteiger partial charge in [0.1, 0.15) is 6.04 Å². The molecule has 3 aromatic rings. The van der Waals surface area contributed by atoms with Gasteiger partial charge in [-0.25, -0.2) is 5.06 Å². The summed E-state index contributed by atoms with van der Waals surface area (Å²) in [5.74, 6) is -0.0613. The van der Waals surface area contributed by atoms with E-state index in [9.17, 15) is 4.79 Å². The van der Waals surface area contributed by atoms with Crippen LogP contribution in [0.15, 0.2) is 78.9 Å². The summed E-state index contributed by atoms with van der Waals surface area (Å²) in [5, 5.41) is 5.50. The molecule has 1 aliphatic carbocycles. The summed E-state index contributed by atoms with van der Waals surface area (Å²) >= 11 is 0. The first-order valence-electron chi connectivity index (χ1n) is 14.8. The minimum atomic E-state index is -2.23. The number of hydroxylamine groups is 2. The summed E-state index contributed by atoms with van der Waals surface area (Å²) in [6.07, 6.45) is 0.845. The standard InChI is InChI=1S/C34H44N2O3Si/c1-24(2)40(25(3)4,26(5)6)39-23-32(33(37)36-21-14-22-38-36)35-34(27-15-8-7-9-16-27)30-19-12-10-17-28(30)29-18-11-13-20-31(29)34/h7-13,15-20,24-26,32,35H,14,21-23H2,1-6H3/t32-/m1/s1. The van der Waals surface area contributed by atoms with Crippen LogP contribution in [0, 0.1) is 0 Å². The minimum absolute atomic E-state index is 0.0613. The molecule has 1 amide bonds. The van der Waals surface area contributed by atoms with Gasteiger partial charge >= 0.3 is 0 Å². The third-order valence-corrected chi connectivity index (χ3v) is 15.1. The predicted molar refractivity (Wildman–Crippen MR) is 164 cm³/mol. The normalized spacial score (nSPS) is 17.0. The molecule has 212 valence electrons. The summed E-state index contributed by atoms with van der Waals surface area (Å²) in [6, 6.07) is 27.1. The van der Waals surface area contributed by atoms with E-state index in [0.29, 0.717) is 36.4 Å². The summed E-state index contributed by atoms with van der Waals surface area (Å²) in [5.41, 5.74) is 6.34. The monoisotopic (exact) mass is 556 g/mol. The Hall–Kier alpha value is -2.77. The lowest BCUT2D eigenvalue weighted by Crippen LogP contribution is -2.58. The molecule has 1 N–H and O–H groups in total. The molecule has 1 heterocycles. The lowest BCUT2D eigenvalue weighted by atomic mass is 9.80. The zero-order valence-corrected chi connectivity index (χ0v) is 25.8. The van der Waals surface area contributed by atoms with Gasteiger partial charge in [0.15, 0.2) is 8.32 Å². The number of carbonyl (C=O) groups is 1. The van der Waals surface area contributed by atoms with Gasteiger partial charge in [-0.05, 0) is 50.9 Å². The van der Waals surface area contributed by atoms with Crippen LogP contribution in [0.3, 0.4) is 0 Å². The van der Waals surface area contributed by atoms with Crippen molar-refractivity contribution in [1.82, 2.24) is 10.4 Å².